The number of aryl methyl sites for hydroxylation is 1. The van der Waals surface area contributed by atoms with Crippen molar-refractivity contribution in [3.8, 4) is 35.1 Å². The molecule has 2 aliphatic carbocycles. The molecule has 6 rings (SSSR count). The van der Waals surface area contributed by atoms with E-state index in [4.69, 9.17) is 18.9 Å². The Kier molecular flexibility index (Phi) is 11.1. The summed E-state index contributed by atoms with van der Waals surface area (Å²) in [4.78, 5) is 39.6. The summed E-state index contributed by atoms with van der Waals surface area (Å²) in [6.45, 7) is 18.5. The summed E-state index contributed by atoms with van der Waals surface area (Å²) in [6, 6.07) is 18.8. The van der Waals surface area contributed by atoms with Gasteiger partial charge < -0.3 is 29.6 Å². The number of carbonyl (C=O) groups excluding carboxylic acids is 2. The predicted molar refractivity (Wildman–Crippen MR) is 216 cm³/mol. The first kappa shape index (κ1) is 41.4. The van der Waals surface area contributed by atoms with Gasteiger partial charge in [-0.15, -0.1) is 5.10 Å². The minimum atomic E-state index is -0.422. The van der Waals surface area contributed by atoms with Crippen molar-refractivity contribution in [3.63, 3.8) is 0 Å². The van der Waals surface area contributed by atoms with Crippen molar-refractivity contribution < 1.29 is 28.5 Å². The van der Waals surface area contributed by atoms with E-state index in [2.05, 4.69) is 75.5 Å². The van der Waals surface area contributed by atoms with Gasteiger partial charge in [0.15, 0.2) is 5.69 Å². The molecule has 0 atom stereocenters. The summed E-state index contributed by atoms with van der Waals surface area (Å²) in [7, 11) is 3.09. The quantitative estimate of drug-likeness (QED) is 0.168. The summed E-state index contributed by atoms with van der Waals surface area (Å²) in [5.41, 5.74) is 1.19. The first-order chi connectivity index (χ1) is 27.3. The highest BCUT2D eigenvalue weighted by Gasteiger charge is 2.65. The van der Waals surface area contributed by atoms with Gasteiger partial charge in [0.1, 0.15) is 58.2 Å². The van der Waals surface area contributed by atoms with Crippen LogP contribution in [-0.2, 0) is 6.54 Å². The van der Waals surface area contributed by atoms with Crippen LogP contribution in [0, 0.1) is 46.0 Å². The normalized spacial score (nSPS) is 21.6. The van der Waals surface area contributed by atoms with Gasteiger partial charge >= 0.3 is 12.6 Å². The maximum Gasteiger partial charge on any atom is 0.315 e. The number of carbonyl (C=O) groups is 2. The van der Waals surface area contributed by atoms with E-state index in [1.54, 1.807) is 43.5 Å². The number of aromatic nitrogens is 4. The lowest BCUT2D eigenvalue weighted by molar-refractivity contribution is -0.164. The molecule has 14 nitrogen and oxygen atoms in total. The molecular weight excluding hydrogens is 737 g/mol. The van der Waals surface area contributed by atoms with Gasteiger partial charge in [-0.25, -0.2) is 9.97 Å². The Labute approximate surface area is 339 Å². The van der Waals surface area contributed by atoms with Gasteiger partial charge in [0.25, 0.3) is 11.8 Å². The molecule has 2 saturated carbocycles. The van der Waals surface area contributed by atoms with E-state index in [0.29, 0.717) is 39.8 Å². The first-order valence-corrected chi connectivity index (χ1v) is 19.1. The molecule has 302 valence electrons. The van der Waals surface area contributed by atoms with Gasteiger partial charge in [0.05, 0.1) is 37.9 Å². The number of benzene rings is 2. The van der Waals surface area contributed by atoms with Crippen LogP contribution >= 0.6 is 0 Å². The number of rotatable bonds is 11. The molecule has 0 saturated heterocycles. The molecule has 2 aromatic heterocycles. The second-order valence-corrected chi connectivity index (χ2v) is 17.3. The standard InChI is InChI=1S/C44H50N8O6/c1-25-12-17-31(52-51-25)35(53)49-37-41(2,3)39(42(37,4)5)58-30-16-14-27(34(19-30)56-11)21-46-22-28-23-48-32(24-47-28)36(54)50-38-43(6,7)40(44(38,8)9)57-29-15-13-26(20-45)33(18-29)55-10/h12-19,23-24,37-40H,22H2,1-11H3,(H-,49,50,53,54)/p+1. The van der Waals surface area contributed by atoms with Gasteiger partial charge in [0, 0.05) is 45.9 Å². The van der Waals surface area contributed by atoms with Crippen LogP contribution in [0.3, 0.4) is 0 Å². The van der Waals surface area contributed by atoms with Gasteiger partial charge in [-0.3, -0.25) is 9.59 Å². The van der Waals surface area contributed by atoms with E-state index in [1.165, 1.54) is 19.5 Å². The number of nitriles is 1. The van der Waals surface area contributed by atoms with Crippen molar-refractivity contribution in [2.45, 2.75) is 93.2 Å². The molecule has 2 N–H and O–H groups in total. The lowest BCUT2D eigenvalue weighted by Gasteiger charge is -2.63. The van der Waals surface area contributed by atoms with Gasteiger partial charge in [-0.05, 0) is 43.3 Å². The minimum absolute atomic E-state index is 0.170. The molecule has 2 fully saturated rings. The largest absolute Gasteiger partial charge is 0.495 e. The average Bonchev–Trinajstić information content (AvgIpc) is 3.20. The van der Waals surface area contributed by atoms with E-state index in [0.717, 1.165) is 5.69 Å². The van der Waals surface area contributed by atoms with E-state index in [-0.39, 0.29) is 64.9 Å². The predicted octanol–water partition coefficient (Wildman–Crippen LogP) is 6.57. The summed E-state index contributed by atoms with van der Waals surface area (Å²) in [5, 5.41) is 23.7. The zero-order valence-electron chi connectivity index (χ0n) is 34.9. The summed E-state index contributed by atoms with van der Waals surface area (Å²) in [6.07, 6.45) is 2.53. The molecule has 0 radical (unpaired) electrons. The Balaban J connectivity index is 1.04. The highest BCUT2D eigenvalue weighted by Crippen LogP contribution is 2.57. The smallest absolute Gasteiger partial charge is 0.315 e. The van der Waals surface area contributed by atoms with Crippen LogP contribution in [0.2, 0.25) is 0 Å². The van der Waals surface area contributed by atoms with Gasteiger partial charge in [0.2, 0.25) is 0 Å². The topological polar surface area (TPSA) is 175 Å². The van der Waals surface area contributed by atoms with E-state index in [1.807, 2.05) is 46.8 Å². The second kappa shape index (κ2) is 15.6. The average molecular weight is 788 g/mol. The lowest BCUT2D eigenvalue weighted by Crippen LogP contribution is -2.74. The highest BCUT2D eigenvalue weighted by molar-refractivity contribution is 5.93. The van der Waals surface area contributed by atoms with Gasteiger partial charge in [-0.1, -0.05) is 60.2 Å². The number of nitrogens with one attached hydrogen (secondary N) is 2. The van der Waals surface area contributed by atoms with Crippen LogP contribution in [0.1, 0.15) is 98.9 Å². The van der Waals surface area contributed by atoms with Crippen molar-refractivity contribution in [1.29, 1.82) is 5.26 Å². The molecule has 0 spiro atoms. The van der Waals surface area contributed by atoms with E-state index in [9.17, 15) is 14.9 Å². The third kappa shape index (κ3) is 7.71. The molecule has 0 unspecified atom stereocenters. The minimum Gasteiger partial charge on any atom is -0.495 e. The summed E-state index contributed by atoms with van der Waals surface area (Å²) < 4.78 is 23.9. The molecule has 2 aliphatic rings. The SMILES string of the molecule is COc1cc(OC2C(C)(C)C(NC(=O)c3cnc(C[N+]#Cc4ccc(OC5C(C)(C)C(NC(=O)c6ccc(C)nn6)C5(C)C)cc4OC)cn3)C2(C)C)ccc1C#N. The summed E-state index contributed by atoms with van der Waals surface area (Å²) >= 11 is 0. The zero-order valence-corrected chi connectivity index (χ0v) is 34.9. The fraction of sp³-hybridized carbons (Fsp3) is 0.455. The molecule has 2 heterocycles. The number of methoxy groups -OCH3 is 2. The Morgan fingerprint density at radius 2 is 1.22 bits per heavy atom. The molecule has 0 bridgehead atoms. The van der Waals surface area contributed by atoms with Crippen molar-refractivity contribution in [2.24, 2.45) is 21.7 Å². The third-order valence-electron chi connectivity index (χ3n) is 11.6. The molecule has 2 amide bonds. The summed E-state index contributed by atoms with van der Waals surface area (Å²) in [5.74, 6) is 1.57. The Hall–Kier alpha value is -6.28. The molecule has 58 heavy (non-hydrogen) atoms. The van der Waals surface area contributed by atoms with E-state index < -0.39 is 10.8 Å². The maximum absolute atomic E-state index is 13.4. The number of ether oxygens (including phenoxy) is 4. The lowest BCUT2D eigenvalue weighted by atomic mass is 9.49. The van der Waals surface area contributed by atoms with Crippen molar-refractivity contribution in [2.75, 3.05) is 14.2 Å². The number of hydrogen-bond acceptors (Lipinski definition) is 11. The number of amides is 2. The Morgan fingerprint density at radius 3 is 1.69 bits per heavy atom. The molecule has 4 aromatic rings. The monoisotopic (exact) mass is 787 g/mol. The van der Waals surface area contributed by atoms with Crippen LogP contribution in [0.5, 0.6) is 23.0 Å². The van der Waals surface area contributed by atoms with Crippen molar-refractivity contribution >= 4 is 11.8 Å². The highest BCUT2D eigenvalue weighted by atomic mass is 16.5. The number of hydrogen-bond donors (Lipinski definition) is 2. The fourth-order valence-corrected chi connectivity index (χ4v) is 9.24. The van der Waals surface area contributed by atoms with Gasteiger partial charge in [-0.2, -0.15) is 10.4 Å². The van der Waals surface area contributed by atoms with E-state index >= 15 is 0 Å². The first-order valence-electron chi connectivity index (χ1n) is 19.1. The third-order valence-corrected chi connectivity index (χ3v) is 11.6. The van der Waals surface area contributed by atoms with Crippen LogP contribution in [-0.4, -0.2) is 70.5 Å². The van der Waals surface area contributed by atoms with Crippen molar-refractivity contribution in [1.82, 2.24) is 30.8 Å². The Bertz CT molecular complexity index is 2270. The van der Waals surface area contributed by atoms with Crippen LogP contribution < -0.4 is 29.6 Å². The van der Waals surface area contributed by atoms with Crippen LogP contribution in [0.25, 0.3) is 4.85 Å². The molecular formula is C44H51N8O6+. The molecule has 0 aliphatic heterocycles. The zero-order chi connectivity index (χ0) is 42.2. The fourth-order valence-electron chi connectivity index (χ4n) is 9.24. The van der Waals surface area contributed by atoms with Crippen molar-refractivity contribution in [3.05, 3.63) is 99.7 Å². The van der Waals surface area contributed by atoms with Crippen LogP contribution in [0.4, 0.5) is 0 Å². The second-order valence-electron chi connectivity index (χ2n) is 17.3. The Morgan fingerprint density at radius 1 is 0.707 bits per heavy atom. The molecule has 14 heteroatoms. The molecule has 2 aromatic carbocycles. The van der Waals surface area contributed by atoms with Crippen LogP contribution in [0.15, 0.2) is 60.9 Å². The maximum atomic E-state index is 13.4. The number of nitrogens with zero attached hydrogens (tertiary/aromatic N) is 6.